The van der Waals surface area contributed by atoms with Crippen LogP contribution in [0.25, 0.3) is 10.1 Å². The van der Waals surface area contributed by atoms with Gasteiger partial charge in [0.2, 0.25) is 0 Å². The van der Waals surface area contributed by atoms with Gasteiger partial charge in [-0.05, 0) is 17.0 Å². The van der Waals surface area contributed by atoms with Gasteiger partial charge in [0.15, 0.2) is 0 Å². The van der Waals surface area contributed by atoms with Gasteiger partial charge in [-0.25, -0.2) is 4.98 Å². The first kappa shape index (κ1) is 11.0. The first-order valence-corrected chi connectivity index (χ1v) is 6.63. The van der Waals surface area contributed by atoms with Gasteiger partial charge in [-0.1, -0.05) is 0 Å². The molecule has 1 fully saturated rings. The molecule has 90 valence electrons. The third-order valence-electron chi connectivity index (χ3n) is 3.09. The van der Waals surface area contributed by atoms with Gasteiger partial charge >= 0.3 is 0 Å². The van der Waals surface area contributed by atoms with E-state index in [9.17, 15) is 0 Å². The molecule has 1 saturated heterocycles. The number of nitrogens with two attached hydrogens (primary N) is 1. The van der Waals surface area contributed by atoms with Crippen molar-refractivity contribution >= 4 is 27.2 Å². The van der Waals surface area contributed by atoms with Crippen LogP contribution in [0.1, 0.15) is 5.56 Å². The van der Waals surface area contributed by atoms with Crippen LogP contribution in [-0.4, -0.2) is 36.2 Å². The van der Waals surface area contributed by atoms with Gasteiger partial charge in [0, 0.05) is 35.9 Å². The molecule has 0 radical (unpaired) electrons. The number of hydrogen-bond acceptors (Lipinski definition) is 5. The molecule has 0 atom stereocenters. The van der Waals surface area contributed by atoms with Gasteiger partial charge in [-0.3, -0.25) is 4.90 Å². The number of aromatic nitrogens is 1. The van der Waals surface area contributed by atoms with Crippen LogP contribution in [0.2, 0.25) is 0 Å². The molecule has 0 spiro atoms. The molecule has 0 aliphatic carbocycles. The van der Waals surface area contributed by atoms with Crippen LogP contribution in [0, 0.1) is 0 Å². The fourth-order valence-corrected chi connectivity index (χ4v) is 3.14. The van der Waals surface area contributed by atoms with Crippen molar-refractivity contribution in [3.05, 3.63) is 23.2 Å². The second-order valence-electron chi connectivity index (χ2n) is 4.22. The Bertz CT molecular complexity index is 519. The SMILES string of the molecule is Nc1nccc2scc(CN3CCOCC3)c12. The second-order valence-corrected chi connectivity index (χ2v) is 5.13. The van der Waals surface area contributed by atoms with E-state index in [2.05, 4.69) is 15.3 Å². The van der Waals surface area contributed by atoms with Crippen LogP contribution in [0.4, 0.5) is 5.82 Å². The van der Waals surface area contributed by atoms with E-state index in [0.29, 0.717) is 5.82 Å². The van der Waals surface area contributed by atoms with E-state index in [-0.39, 0.29) is 0 Å². The Labute approximate surface area is 104 Å². The predicted octanol–water partition coefficient (Wildman–Crippen LogP) is 1.71. The van der Waals surface area contributed by atoms with E-state index in [1.165, 1.54) is 10.3 Å². The molecule has 0 bridgehead atoms. The number of fused-ring (bicyclic) bond motifs is 1. The topological polar surface area (TPSA) is 51.4 Å². The highest BCUT2D eigenvalue weighted by Gasteiger charge is 2.14. The number of thiophene rings is 1. The molecule has 3 heterocycles. The number of rotatable bonds is 2. The molecule has 5 heteroatoms. The number of morpholine rings is 1. The Kier molecular flexibility index (Phi) is 2.96. The molecule has 2 N–H and O–H groups in total. The minimum Gasteiger partial charge on any atom is -0.383 e. The fourth-order valence-electron chi connectivity index (χ4n) is 2.19. The van der Waals surface area contributed by atoms with Gasteiger partial charge in [-0.2, -0.15) is 0 Å². The summed E-state index contributed by atoms with van der Waals surface area (Å²) in [7, 11) is 0. The van der Waals surface area contributed by atoms with Crippen LogP contribution in [0.3, 0.4) is 0 Å². The fraction of sp³-hybridized carbons (Fsp3) is 0.417. The zero-order valence-corrected chi connectivity index (χ0v) is 10.4. The van der Waals surface area contributed by atoms with Crippen molar-refractivity contribution in [2.24, 2.45) is 0 Å². The molecule has 3 rings (SSSR count). The predicted molar refractivity (Wildman–Crippen MR) is 70.1 cm³/mol. The van der Waals surface area contributed by atoms with Gasteiger partial charge in [0.05, 0.1) is 13.2 Å². The third-order valence-corrected chi connectivity index (χ3v) is 4.09. The molecule has 2 aromatic heterocycles. The van der Waals surface area contributed by atoms with Gasteiger partial charge < -0.3 is 10.5 Å². The van der Waals surface area contributed by atoms with Crippen LogP contribution in [0.5, 0.6) is 0 Å². The summed E-state index contributed by atoms with van der Waals surface area (Å²) in [5.74, 6) is 0.645. The lowest BCUT2D eigenvalue weighted by atomic mass is 10.2. The highest BCUT2D eigenvalue weighted by Crippen LogP contribution is 2.30. The quantitative estimate of drug-likeness (QED) is 0.880. The van der Waals surface area contributed by atoms with Crippen molar-refractivity contribution in [1.29, 1.82) is 0 Å². The Hall–Kier alpha value is -1.17. The molecule has 0 aromatic carbocycles. The number of nitrogens with zero attached hydrogens (tertiary/aromatic N) is 2. The minimum absolute atomic E-state index is 0.645. The van der Waals surface area contributed by atoms with Crippen molar-refractivity contribution in [2.45, 2.75) is 6.54 Å². The van der Waals surface area contributed by atoms with E-state index < -0.39 is 0 Å². The largest absolute Gasteiger partial charge is 0.383 e. The highest BCUT2D eigenvalue weighted by molar-refractivity contribution is 7.17. The zero-order valence-electron chi connectivity index (χ0n) is 9.56. The van der Waals surface area contributed by atoms with E-state index in [1.54, 1.807) is 17.5 Å². The lowest BCUT2D eigenvalue weighted by Gasteiger charge is -2.26. The van der Waals surface area contributed by atoms with Crippen molar-refractivity contribution in [2.75, 3.05) is 32.0 Å². The number of anilines is 1. The summed E-state index contributed by atoms with van der Waals surface area (Å²) < 4.78 is 6.58. The van der Waals surface area contributed by atoms with Crippen LogP contribution < -0.4 is 5.73 Å². The van der Waals surface area contributed by atoms with Crippen LogP contribution in [-0.2, 0) is 11.3 Å². The lowest BCUT2D eigenvalue weighted by Crippen LogP contribution is -2.35. The van der Waals surface area contributed by atoms with Crippen molar-refractivity contribution in [3.8, 4) is 0 Å². The summed E-state index contributed by atoms with van der Waals surface area (Å²) in [5.41, 5.74) is 7.25. The summed E-state index contributed by atoms with van der Waals surface area (Å²) in [4.78, 5) is 6.57. The third kappa shape index (κ3) is 2.13. The molecule has 0 unspecified atom stereocenters. The Morgan fingerprint density at radius 1 is 1.41 bits per heavy atom. The summed E-state index contributed by atoms with van der Waals surface area (Å²) in [6, 6.07) is 2.03. The van der Waals surface area contributed by atoms with E-state index in [4.69, 9.17) is 10.5 Å². The maximum Gasteiger partial charge on any atom is 0.132 e. The van der Waals surface area contributed by atoms with Gasteiger partial charge in [0.25, 0.3) is 0 Å². The smallest absolute Gasteiger partial charge is 0.132 e. The van der Waals surface area contributed by atoms with Crippen molar-refractivity contribution in [3.63, 3.8) is 0 Å². The Morgan fingerprint density at radius 3 is 3.06 bits per heavy atom. The average Bonchev–Trinajstić information content (AvgIpc) is 2.75. The molecule has 0 amide bonds. The van der Waals surface area contributed by atoms with Crippen molar-refractivity contribution in [1.82, 2.24) is 9.88 Å². The first-order valence-electron chi connectivity index (χ1n) is 5.75. The average molecular weight is 249 g/mol. The highest BCUT2D eigenvalue weighted by atomic mass is 32.1. The molecule has 0 saturated carbocycles. The Morgan fingerprint density at radius 2 is 2.24 bits per heavy atom. The molecule has 17 heavy (non-hydrogen) atoms. The maximum absolute atomic E-state index is 5.96. The normalized spacial score (nSPS) is 17.6. The molecular weight excluding hydrogens is 234 g/mol. The van der Waals surface area contributed by atoms with Crippen LogP contribution >= 0.6 is 11.3 Å². The Balaban J connectivity index is 1.89. The second kappa shape index (κ2) is 4.60. The monoisotopic (exact) mass is 249 g/mol. The number of ether oxygens (including phenoxy) is 1. The first-order chi connectivity index (χ1) is 8.34. The summed E-state index contributed by atoms with van der Waals surface area (Å²) in [6.45, 7) is 4.60. The van der Waals surface area contributed by atoms with Gasteiger partial charge in [-0.15, -0.1) is 11.3 Å². The lowest BCUT2D eigenvalue weighted by molar-refractivity contribution is 0.0344. The summed E-state index contributed by atoms with van der Waals surface area (Å²) in [5, 5.41) is 3.32. The molecule has 1 aliphatic heterocycles. The minimum atomic E-state index is 0.645. The number of pyridine rings is 1. The molecule has 4 nitrogen and oxygen atoms in total. The van der Waals surface area contributed by atoms with Gasteiger partial charge in [0.1, 0.15) is 5.82 Å². The number of nitrogen functional groups attached to an aromatic ring is 1. The van der Waals surface area contributed by atoms with E-state index in [0.717, 1.165) is 38.2 Å². The summed E-state index contributed by atoms with van der Waals surface area (Å²) >= 11 is 1.74. The van der Waals surface area contributed by atoms with Crippen LogP contribution in [0.15, 0.2) is 17.6 Å². The summed E-state index contributed by atoms with van der Waals surface area (Å²) in [6.07, 6.45) is 1.77. The molecule has 1 aliphatic rings. The van der Waals surface area contributed by atoms with Crippen molar-refractivity contribution < 1.29 is 4.74 Å². The zero-order chi connectivity index (χ0) is 11.7. The molecular formula is C12H15N3OS. The number of hydrogen-bond donors (Lipinski definition) is 1. The van der Waals surface area contributed by atoms with E-state index >= 15 is 0 Å². The van der Waals surface area contributed by atoms with E-state index in [1.807, 2.05) is 6.07 Å². The maximum atomic E-state index is 5.96. The standard InChI is InChI=1S/C12H15N3OS/c13-12-11-9(7-15-3-5-16-6-4-15)8-17-10(11)1-2-14-12/h1-2,8H,3-7H2,(H2,13,14). The molecule has 2 aromatic rings.